The highest BCUT2D eigenvalue weighted by molar-refractivity contribution is 5.80. The minimum atomic E-state index is -1.12. The van der Waals surface area contributed by atoms with Gasteiger partial charge in [-0.05, 0) is 6.92 Å². The molecule has 1 fully saturated rings. The minimum absolute atomic E-state index is 0.0236. The predicted octanol–water partition coefficient (Wildman–Crippen LogP) is -0.337. The number of amides is 1. The number of ether oxygens (including phenoxy) is 1. The molecule has 1 aliphatic rings. The van der Waals surface area contributed by atoms with Crippen molar-refractivity contribution in [3.8, 4) is 0 Å². The second kappa shape index (κ2) is 4.28. The van der Waals surface area contributed by atoms with Gasteiger partial charge in [-0.15, -0.1) is 0 Å². The summed E-state index contributed by atoms with van der Waals surface area (Å²) in [5.41, 5.74) is 0. The van der Waals surface area contributed by atoms with Crippen LogP contribution >= 0.6 is 0 Å². The highest BCUT2D eigenvalue weighted by Crippen LogP contribution is 2.18. The van der Waals surface area contributed by atoms with Crippen LogP contribution in [-0.4, -0.2) is 52.5 Å². The molecule has 1 saturated heterocycles. The lowest BCUT2D eigenvalue weighted by Gasteiger charge is -2.19. The molecule has 0 spiro atoms. The van der Waals surface area contributed by atoms with Crippen LogP contribution in [0.2, 0.25) is 0 Å². The number of carboxylic acids is 1. The zero-order chi connectivity index (χ0) is 10.7. The van der Waals surface area contributed by atoms with E-state index in [4.69, 9.17) is 5.11 Å². The molecule has 1 aliphatic heterocycles. The van der Waals surface area contributed by atoms with E-state index in [1.165, 1.54) is 0 Å². The molecule has 2 N–H and O–H groups in total. The molecular formula is C8H13NO5. The van der Waals surface area contributed by atoms with E-state index in [1.807, 2.05) is 0 Å². The number of likely N-dealkylation sites (tertiary alicyclic amines) is 1. The zero-order valence-electron chi connectivity index (χ0n) is 7.84. The first-order valence-corrected chi connectivity index (χ1v) is 4.40. The van der Waals surface area contributed by atoms with Crippen LogP contribution < -0.4 is 0 Å². The molecule has 0 unspecified atom stereocenters. The molecule has 80 valence electrons. The maximum atomic E-state index is 11.2. The van der Waals surface area contributed by atoms with Crippen molar-refractivity contribution in [3.63, 3.8) is 0 Å². The van der Waals surface area contributed by atoms with Gasteiger partial charge in [0.2, 0.25) is 0 Å². The number of carboxylic acid groups (broad SMARTS) is 1. The molecule has 0 aromatic carbocycles. The number of hydrogen-bond donors (Lipinski definition) is 2. The lowest BCUT2D eigenvalue weighted by atomic mass is 10.2. The van der Waals surface area contributed by atoms with Gasteiger partial charge in [-0.25, -0.2) is 9.59 Å². The Morgan fingerprint density at radius 1 is 1.57 bits per heavy atom. The third-order valence-corrected chi connectivity index (χ3v) is 2.07. The highest BCUT2D eigenvalue weighted by Gasteiger charge is 2.39. The Morgan fingerprint density at radius 3 is 2.71 bits per heavy atom. The summed E-state index contributed by atoms with van der Waals surface area (Å²) in [4.78, 5) is 23.0. The van der Waals surface area contributed by atoms with E-state index >= 15 is 0 Å². The number of carbonyl (C=O) groups excluding carboxylic acids is 1. The number of nitrogens with zero attached hydrogens (tertiary/aromatic N) is 1. The van der Waals surface area contributed by atoms with Crippen LogP contribution in [0.1, 0.15) is 13.3 Å². The molecule has 14 heavy (non-hydrogen) atoms. The van der Waals surface area contributed by atoms with Crippen molar-refractivity contribution >= 4 is 12.1 Å². The third kappa shape index (κ3) is 2.14. The fraction of sp³-hybridized carbons (Fsp3) is 0.750. The number of carbonyl (C=O) groups is 2. The molecule has 1 amide bonds. The molecule has 2 atom stereocenters. The Labute approximate surface area is 81.1 Å². The Hall–Kier alpha value is -1.30. The first-order valence-electron chi connectivity index (χ1n) is 4.40. The fourth-order valence-electron chi connectivity index (χ4n) is 1.46. The van der Waals surface area contributed by atoms with Gasteiger partial charge in [0.05, 0.1) is 19.3 Å². The second-order valence-corrected chi connectivity index (χ2v) is 3.09. The van der Waals surface area contributed by atoms with E-state index < -0.39 is 24.2 Å². The van der Waals surface area contributed by atoms with Gasteiger partial charge in [0.1, 0.15) is 6.04 Å². The van der Waals surface area contributed by atoms with Crippen molar-refractivity contribution in [1.82, 2.24) is 4.90 Å². The van der Waals surface area contributed by atoms with Crippen LogP contribution in [0.3, 0.4) is 0 Å². The Kier molecular flexibility index (Phi) is 3.29. The van der Waals surface area contributed by atoms with Crippen molar-refractivity contribution in [2.75, 3.05) is 13.2 Å². The van der Waals surface area contributed by atoms with Gasteiger partial charge in [-0.2, -0.15) is 0 Å². The molecular weight excluding hydrogens is 190 g/mol. The maximum absolute atomic E-state index is 11.2. The average molecular weight is 203 g/mol. The predicted molar refractivity (Wildman–Crippen MR) is 45.8 cm³/mol. The molecule has 1 heterocycles. The first-order chi connectivity index (χ1) is 6.56. The molecule has 0 bridgehead atoms. The number of aliphatic hydroxyl groups is 1. The Morgan fingerprint density at radius 2 is 2.21 bits per heavy atom. The van der Waals surface area contributed by atoms with Crippen molar-refractivity contribution in [2.45, 2.75) is 25.5 Å². The third-order valence-electron chi connectivity index (χ3n) is 2.07. The van der Waals surface area contributed by atoms with Gasteiger partial charge >= 0.3 is 12.1 Å². The van der Waals surface area contributed by atoms with Crippen molar-refractivity contribution < 1.29 is 24.5 Å². The quantitative estimate of drug-likeness (QED) is 0.641. The normalized spacial score (nSPS) is 26.3. The smallest absolute Gasteiger partial charge is 0.410 e. The largest absolute Gasteiger partial charge is 0.480 e. The van der Waals surface area contributed by atoms with Gasteiger partial charge in [-0.1, -0.05) is 0 Å². The molecule has 0 radical (unpaired) electrons. The Balaban J connectivity index is 2.66. The summed E-state index contributed by atoms with van der Waals surface area (Å²) in [6.07, 6.45) is -1.40. The monoisotopic (exact) mass is 203 g/mol. The zero-order valence-corrected chi connectivity index (χ0v) is 7.84. The number of aliphatic hydroxyl groups excluding tert-OH is 1. The summed E-state index contributed by atoms with van der Waals surface area (Å²) < 4.78 is 4.67. The summed E-state index contributed by atoms with van der Waals surface area (Å²) >= 11 is 0. The molecule has 6 heteroatoms. The van der Waals surface area contributed by atoms with Crippen LogP contribution in [0.15, 0.2) is 0 Å². The number of aliphatic carboxylic acids is 1. The fourth-order valence-corrected chi connectivity index (χ4v) is 1.46. The summed E-state index contributed by atoms with van der Waals surface area (Å²) in [7, 11) is 0. The van der Waals surface area contributed by atoms with Gasteiger partial charge in [0, 0.05) is 6.42 Å². The van der Waals surface area contributed by atoms with Crippen molar-refractivity contribution in [2.24, 2.45) is 0 Å². The van der Waals surface area contributed by atoms with Crippen LogP contribution in [0.25, 0.3) is 0 Å². The standard InChI is InChI=1S/C8H13NO5/c1-2-14-8(13)9-4-5(10)3-6(9)7(11)12/h5-6,10H,2-4H2,1H3,(H,11,12)/t5-,6-/m1/s1. The van der Waals surface area contributed by atoms with Crippen LogP contribution in [0.4, 0.5) is 4.79 Å². The minimum Gasteiger partial charge on any atom is -0.480 e. The summed E-state index contributed by atoms with van der Waals surface area (Å²) in [5.74, 6) is -1.12. The van der Waals surface area contributed by atoms with Gasteiger partial charge < -0.3 is 14.9 Å². The first kappa shape index (κ1) is 10.8. The van der Waals surface area contributed by atoms with Gasteiger partial charge in [-0.3, -0.25) is 4.90 Å². The highest BCUT2D eigenvalue weighted by atomic mass is 16.6. The number of β-amino-alcohol motifs (C(OH)–C–C–N with tert-alkyl or cyclic N) is 1. The van der Waals surface area contributed by atoms with E-state index in [9.17, 15) is 14.7 Å². The topological polar surface area (TPSA) is 87.1 Å². The Bertz CT molecular complexity index is 242. The lowest BCUT2D eigenvalue weighted by molar-refractivity contribution is -0.141. The molecule has 1 rings (SSSR count). The summed E-state index contributed by atoms with van der Waals surface area (Å²) in [6, 6.07) is -0.968. The number of rotatable bonds is 2. The van der Waals surface area contributed by atoms with E-state index in [1.54, 1.807) is 6.92 Å². The van der Waals surface area contributed by atoms with Crippen LogP contribution in [0.5, 0.6) is 0 Å². The van der Waals surface area contributed by atoms with Gasteiger partial charge in [0.15, 0.2) is 0 Å². The van der Waals surface area contributed by atoms with E-state index in [-0.39, 0.29) is 19.6 Å². The molecule has 0 aliphatic carbocycles. The molecule has 0 aromatic rings. The SMILES string of the molecule is CCOC(=O)N1C[C@H](O)C[C@@H]1C(=O)O. The molecule has 0 aromatic heterocycles. The lowest BCUT2D eigenvalue weighted by Crippen LogP contribution is -2.40. The average Bonchev–Trinajstić information content (AvgIpc) is 2.48. The van der Waals surface area contributed by atoms with E-state index in [0.29, 0.717) is 0 Å². The van der Waals surface area contributed by atoms with Gasteiger partial charge in [0.25, 0.3) is 0 Å². The molecule has 6 nitrogen and oxygen atoms in total. The van der Waals surface area contributed by atoms with Crippen LogP contribution in [0, 0.1) is 0 Å². The summed E-state index contributed by atoms with van der Waals surface area (Å²) in [6.45, 7) is 1.85. The van der Waals surface area contributed by atoms with Crippen molar-refractivity contribution in [1.29, 1.82) is 0 Å². The number of hydrogen-bond acceptors (Lipinski definition) is 4. The van der Waals surface area contributed by atoms with E-state index in [2.05, 4.69) is 4.74 Å². The summed E-state index contributed by atoms with van der Waals surface area (Å²) in [5, 5.41) is 18.0. The second-order valence-electron chi connectivity index (χ2n) is 3.09. The van der Waals surface area contributed by atoms with Crippen molar-refractivity contribution in [3.05, 3.63) is 0 Å². The van der Waals surface area contributed by atoms with E-state index in [0.717, 1.165) is 4.90 Å². The molecule has 0 saturated carbocycles. The van der Waals surface area contributed by atoms with Crippen LogP contribution in [-0.2, 0) is 9.53 Å². The maximum Gasteiger partial charge on any atom is 0.410 e.